The highest BCUT2D eigenvalue weighted by atomic mass is 16.3. The lowest BCUT2D eigenvalue weighted by Crippen LogP contribution is -1.92. The van der Waals surface area contributed by atoms with Crippen LogP contribution in [0.3, 0.4) is 0 Å². The van der Waals surface area contributed by atoms with Crippen molar-refractivity contribution in [2.24, 2.45) is 0 Å². The highest BCUT2D eigenvalue weighted by Crippen LogP contribution is 2.26. The van der Waals surface area contributed by atoms with Gasteiger partial charge >= 0.3 is 0 Å². The summed E-state index contributed by atoms with van der Waals surface area (Å²) in [6, 6.07) is 6.58. The third kappa shape index (κ3) is 1.79. The standard InChI is InChI=1S/C12H12O2/c13-11-5-1-9(2-6-11)10-3-7-12(14)8-4-10/h1-3,5-7,13-14H,4,8H2/i8D2. The highest BCUT2D eigenvalue weighted by molar-refractivity contribution is 5.68. The first-order valence-corrected chi connectivity index (χ1v) is 4.39. The zero-order valence-electron chi connectivity index (χ0n) is 9.57. The summed E-state index contributed by atoms with van der Waals surface area (Å²) in [6.07, 6.45) is 1.51. The van der Waals surface area contributed by atoms with Crippen LogP contribution in [0, 0.1) is 0 Å². The monoisotopic (exact) mass is 190 g/mol. The first-order valence-electron chi connectivity index (χ1n) is 5.39. The number of aliphatic hydroxyl groups is 1. The molecule has 0 saturated heterocycles. The smallest absolute Gasteiger partial charge is 0.115 e. The number of rotatable bonds is 1. The molecule has 2 heteroatoms. The normalized spacial score (nSPS) is 21.7. The number of hydrogen-bond donors (Lipinski definition) is 2. The third-order valence-corrected chi connectivity index (χ3v) is 2.14. The van der Waals surface area contributed by atoms with E-state index < -0.39 is 6.37 Å². The Bertz CT molecular complexity index is 458. The second-order valence-electron chi connectivity index (χ2n) is 3.14. The second kappa shape index (κ2) is 3.58. The molecule has 0 amide bonds. The fourth-order valence-electron chi connectivity index (χ4n) is 1.36. The Morgan fingerprint density at radius 1 is 1.07 bits per heavy atom. The Labute approximate surface area is 85.6 Å². The van der Waals surface area contributed by atoms with Gasteiger partial charge in [-0.3, -0.25) is 0 Å². The third-order valence-electron chi connectivity index (χ3n) is 2.14. The average Bonchev–Trinajstić information content (AvgIpc) is 2.23. The SMILES string of the molecule is [2H]C1([2H])CC(c2ccc(O)cc2)=CC=C1O. The predicted molar refractivity (Wildman–Crippen MR) is 56.0 cm³/mol. The van der Waals surface area contributed by atoms with Gasteiger partial charge < -0.3 is 10.2 Å². The number of aliphatic hydroxyl groups excluding tert-OH is 1. The van der Waals surface area contributed by atoms with Crippen molar-refractivity contribution < 1.29 is 13.0 Å². The maximum Gasteiger partial charge on any atom is 0.115 e. The van der Waals surface area contributed by atoms with Gasteiger partial charge in [0.15, 0.2) is 0 Å². The van der Waals surface area contributed by atoms with E-state index >= 15 is 0 Å². The molecule has 1 aromatic rings. The molecule has 14 heavy (non-hydrogen) atoms. The fourth-order valence-corrected chi connectivity index (χ4v) is 1.36. The molecule has 0 aliphatic heterocycles. The number of phenolic OH excluding ortho intramolecular Hbond substituents is 1. The van der Waals surface area contributed by atoms with Gasteiger partial charge in [0, 0.05) is 9.11 Å². The summed E-state index contributed by atoms with van der Waals surface area (Å²) in [5.74, 6) is -0.0587. The minimum Gasteiger partial charge on any atom is -0.512 e. The average molecular weight is 190 g/mol. The molecule has 0 atom stereocenters. The topological polar surface area (TPSA) is 40.5 Å². The van der Waals surface area contributed by atoms with Crippen LogP contribution in [0.5, 0.6) is 5.75 Å². The molecule has 2 rings (SSSR count). The molecule has 2 nitrogen and oxygen atoms in total. The Kier molecular flexibility index (Phi) is 1.72. The van der Waals surface area contributed by atoms with E-state index in [1.807, 2.05) is 0 Å². The van der Waals surface area contributed by atoms with Gasteiger partial charge in [0.1, 0.15) is 5.75 Å². The predicted octanol–water partition coefficient (Wildman–Crippen LogP) is 3.01. The number of hydrogen-bond acceptors (Lipinski definition) is 2. The molecule has 2 N–H and O–H groups in total. The molecule has 0 saturated carbocycles. The lowest BCUT2D eigenvalue weighted by Gasteiger charge is -2.11. The van der Waals surface area contributed by atoms with Crippen molar-refractivity contribution in [3.05, 3.63) is 47.7 Å². The highest BCUT2D eigenvalue weighted by Gasteiger charge is 2.06. The largest absolute Gasteiger partial charge is 0.512 e. The Hall–Kier alpha value is -1.70. The maximum atomic E-state index is 9.35. The molecule has 0 spiro atoms. The van der Waals surface area contributed by atoms with E-state index in [-0.39, 0.29) is 17.9 Å². The Morgan fingerprint density at radius 3 is 2.43 bits per heavy atom. The number of phenols is 1. The maximum absolute atomic E-state index is 9.35. The summed E-state index contributed by atoms with van der Waals surface area (Å²) in [4.78, 5) is 0. The first kappa shape index (κ1) is 6.71. The van der Waals surface area contributed by atoms with Crippen LogP contribution in [0.4, 0.5) is 0 Å². The van der Waals surface area contributed by atoms with Crippen LogP contribution in [0.15, 0.2) is 42.2 Å². The summed E-state index contributed by atoms with van der Waals surface area (Å²) in [6.45, 7) is 0. The van der Waals surface area contributed by atoms with Crippen molar-refractivity contribution in [3.63, 3.8) is 0 Å². The molecule has 72 valence electrons. The fraction of sp³-hybridized carbons (Fsp3) is 0.167. The van der Waals surface area contributed by atoms with Gasteiger partial charge in [-0.1, -0.05) is 18.2 Å². The zero-order valence-corrected chi connectivity index (χ0v) is 7.57. The van der Waals surface area contributed by atoms with Gasteiger partial charge in [-0.2, -0.15) is 0 Å². The van der Waals surface area contributed by atoms with Crippen molar-refractivity contribution in [1.29, 1.82) is 0 Å². The van der Waals surface area contributed by atoms with Gasteiger partial charge in [0.05, 0.1) is 5.76 Å². The van der Waals surface area contributed by atoms with Crippen molar-refractivity contribution >= 4 is 5.57 Å². The second-order valence-corrected chi connectivity index (χ2v) is 3.14. The van der Waals surface area contributed by atoms with Gasteiger partial charge in [-0.25, -0.2) is 0 Å². The molecule has 0 fully saturated rings. The van der Waals surface area contributed by atoms with E-state index in [4.69, 9.17) is 7.85 Å². The minimum absolute atomic E-state index is 0.139. The van der Waals surface area contributed by atoms with Crippen molar-refractivity contribution in [2.45, 2.75) is 12.8 Å². The van der Waals surface area contributed by atoms with Gasteiger partial charge in [0.25, 0.3) is 0 Å². The van der Waals surface area contributed by atoms with E-state index in [0.29, 0.717) is 0 Å². The van der Waals surface area contributed by atoms with E-state index in [1.165, 1.54) is 6.08 Å². The molecule has 0 heterocycles. The zero-order chi connectivity index (χ0) is 11.8. The number of benzene rings is 1. The molecule has 0 aromatic heterocycles. The van der Waals surface area contributed by atoms with Crippen molar-refractivity contribution in [3.8, 4) is 5.75 Å². The van der Waals surface area contributed by atoms with Crippen LogP contribution in [-0.2, 0) is 0 Å². The lowest BCUT2D eigenvalue weighted by atomic mass is 9.97. The van der Waals surface area contributed by atoms with Crippen LogP contribution in [-0.4, -0.2) is 10.2 Å². The van der Waals surface area contributed by atoms with Crippen LogP contribution in [0.2, 0.25) is 0 Å². The van der Waals surface area contributed by atoms with Gasteiger partial charge in [-0.15, -0.1) is 0 Å². The van der Waals surface area contributed by atoms with E-state index in [1.54, 1.807) is 30.3 Å². The van der Waals surface area contributed by atoms with Crippen LogP contribution >= 0.6 is 0 Å². The minimum atomic E-state index is -1.71. The molecule has 1 aromatic carbocycles. The van der Waals surface area contributed by atoms with Crippen LogP contribution in [0.25, 0.3) is 5.57 Å². The number of allylic oxidation sites excluding steroid dienone is 4. The summed E-state index contributed by atoms with van der Waals surface area (Å²) in [5, 5.41) is 18.5. The molecule has 0 unspecified atom stereocenters. The molecule has 1 aliphatic rings. The molecule has 1 aliphatic carbocycles. The van der Waals surface area contributed by atoms with Gasteiger partial charge in [0.2, 0.25) is 0 Å². The Balaban J connectivity index is 2.34. The number of aromatic hydroxyl groups is 1. The van der Waals surface area contributed by atoms with E-state index in [2.05, 4.69) is 0 Å². The lowest BCUT2D eigenvalue weighted by molar-refractivity contribution is 0.388. The van der Waals surface area contributed by atoms with E-state index in [9.17, 15) is 5.11 Å². The van der Waals surface area contributed by atoms with Crippen LogP contribution < -0.4 is 0 Å². The summed E-state index contributed by atoms with van der Waals surface area (Å²) < 4.78 is 15.2. The summed E-state index contributed by atoms with van der Waals surface area (Å²) in [7, 11) is 0. The van der Waals surface area contributed by atoms with E-state index in [0.717, 1.165) is 11.1 Å². The van der Waals surface area contributed by atoms with Crippen molar-refractivity contribution in [1.82, 2.24) is 0 Å². The molecular weight excluding hydrogens is 176 g/mol. The van der Waals surface area contributed by atoms with Crippen molar-refractivity contribution in [2.75, 3.05) is 0 Å². The molecule has 0 bridgehead atoms. The summed E-state index contributed by atoms with van der Waals surface area (Å²) >= 11 is 0. The van der Waals surface area contributed by atoms with Crippen LogP contribution in [0.1, 0.15) is 21.1 Å². The van der Waals surface area contributed by atoms with Gasteiger partial charge in [-0.05, 0) is 35.8 Å². The molecular formula is C12H12O2. The summed E-state index contributed by atoms with van der Waals surface area (Å²) in [5.41, 5.74) is 1.66. The molecule has 0 radical (unpaired) electrons. The quantitative estimate of drug-likeness (QED) is 0.714. The first-order chi connectivity index (χ1) is 7.49. The Morgan fingerprint density at radius 2 is 1.79 bits per heavy atom.